The molecule has 0 radical (unpaired) electrons. The maximum absolute atomic E-state index is 12.8. The van der Waals surface area contributed by atoms with Gasteiger partial charge in [-0.15, -0.1) is 11.8 Å². The van der Waals surface area contributed by atoms with Crippen molar-refractivity contribution in [1.29, 1.82) is 0 Å². The Morgan fingerprint density at radius 1 is 1.20 bits per heavy atom. The Hall–Kier alpha value is -2.78. The van der Waals surface area contributed by atoms with Gasteiger partial charge in [0.2, 0.25) is 0 Å². The lowest BCUT2D eigenvalue weighted by molar-refractivity contribution is -0.143. The number of amides is 1. The van der Waals surface area contributed by atoms with Crippen molar-refractivity contribution in [2.24, 2.45) is 4.99 Å². The first-order valence-electron chi connectivity index (χ1n) is 9.40. The van der Waals surface area contributed by atoms with Crippen LogP contribution in [0, 0.1) is 0 Å². The van der Waals surface area contributed by atoms with Gasteiger partial charge in [0.1, 0.15) is 19.8 Å². The molecule has 0 saturated heterocycles. The Kier molecular flexibility index (Phi) is 6.10. The molecule has 0 spiro atoms. The van der Waals surface area contributed by atoms with E-state index in [0.717, 1.165) is 15.1 Å². The van der Waals surface area contributed by atoms with Crippen molar-refractivity contribution in [2.45, 2.75) is 18.4 Å². The molecule has 0 unspecified atom stereocenters. The Morgan fingerprint density at radius 3 is 2.70 bits per heavy atom. The van der Waals surface area contributed by atoms with Crippen LogP contribution in [0.4, 0.5) is 0 Å². The summed E-state index contributed by atoms with van der Waals surface area (Å²) >= 11 is 2.87. The molecule has 9 heteroatoms. The van der Waals surface area contributed by atoms with Gasteiger partial charge in [0.15, 0.2) is 16.3 Å². The van der Waals surface area contributed by atoms with E-state index in [1.807, 2.05) is 30.5 Å². The number of carbonyl (C=O) groups excluding carboxylic acids is 2. The number of aromatic nitrogens is 1. The van der Waals surface area contributed by atoms with E-state index < -0.39 is 5.97 Å². The predicted octanol–water partition coefficient (Wildman–Crippen LogP) is 3.50. The number of fused-ring (bicyclic) bond motifs is 2. The van der Waals surface area contributed by atoms with Crippen molar-refractivity contribution < 1.29 is 23.8 Å². The number of esters is 1. The van der Waals surface area contributed by atoms with Gasteiger partial charge < -0.3 is 18.8 Å². The summed E-state index contributed by atoms with van der Waals surface area (Å²) in [5, 5.41) is 0. The number of ether oxygens (including phenoxy) is 3. The van der Waals surface area contributed by atoms with Crippen LogP contribution in [0.1, 0.15) is 17.3 Å². The molecule has 0 N–H and O–H groups in total. The highest BCUT2D eigenvalue weighted by atomic mass is 32.2. The number of thioether (sulfide) groups is 1. The zero-order valence-corrected chi connectivity index (χ0v) is 18.2. The summed E-state index contributed by atoms with van der Waals surface area (Å²) in [6.07, 6.45) is 1.95. The van der Waals surface area contributed by atoms with E-state index >= 15 is 0 Å². The molecule has 4 rings (SSSR count). The zero-order valence-electron chi connectivity index (χ0n) is 16.5. The van der Waals surface area contributed by atoms with Gasteiger partial charge in [-0.1, -0.05) is 17.4 Å². The highest BCUT2D eigenvalue weighted by Crippen LogP contribution is 2.35. The smallest absolute Gasteiger partial charge is 0.326 e. The van der Waals surface area contributed by atoms with Gasteiger partial charge in [-0.3, -0.25) is 9.59 Å². The standard InChI is InChI=1S/C21H20N2O5S2/c1-3-26-19(24)12-23-15-10-16-17(28-8-7-27-16)11-18(15)30-21(23)22-20(25)13-5-4-6-14(9-13)29-2/h4-6,9-11H,3,7-8,12H2,1-2H3. The van der Waals surface area contributed by atoms with E-state index in [-0.39, 0.29) is 19.1 Å². The van der Waals surface area contributed by atoms with Crippen LogP contribution in [0.5, 0.6) is 11.5 Å². The molecule has 0 fully saturated rings. The summed E-state index contributed by atoms with van der Waals surface area (Å²) < 4.78 is 19.0. The second-order valence-corrected chi connectivity index (χ2v) is 8.28. The lowest BCUT2D eigenvalue weighted by Gasteiger charge is -2.18. The van der Waals surface area contributed by atoms with E-state index in [0.29, 0.717) is 35.1 Å². The first-order valence-corrected chi connectivity index (χ1v) is 11.4. The number of hydrogen-bond acceptors (Lipinski definition) is 7. The Morgan fingerprint density at radius 2 is 1.97 bits per heavy atom. The molecule has 1 aromatic heterocycles. The molecule has 0 bridgehead atoms. The topological polar surface area (TPSA) is 79.1 Å². The molecule has 156 valence electrons. The van der Waals surface area contributed by atoms with Crippen molar-refractivity contribution >= 4 is 45.2 Å². The molecule has 2 aromatic carbocycles. The minimum Gasteiger partial charge on any atom is -0.486 e. The molecule has 30 heavy (non-hydrogen) atoms. The Labute approximate surface area is 181 Å². The number of hydrogen-bond donors (Lipinski definition) is 0. The van der Waals surface area contributed by atoms with Gasteiger partial charge in [0.25, 0.3) is 5.91 Å². The second-order valence-electron chi connectivity index (χ2n) is 6.39. The van der Waals surface area contributed by atoms with Gasteiger partial charge in [-0.25, -0.2) is 0 Å². The predicted molar refractivity (Wildman–Crippen MR) is 116 cm³/mol. The van der Waals surface area contributed by atoms with Gasteiger partial charge in [0, 0.05) is 22.6 Å². The summed E-state index contributed by atoms with van der Waals surface area (Å²) in [4.78, 5) is 30.8. The number of nitrogens with zero attached hydrogens (tertiary/aromatic N) is 2. The number of carbonyl (C=O) groups is 2. The summed E-state index contributed by atoms with van der Waals surface area (Å²) in [7, 11) is 0. The average molecular weight is 445 g/mol. The highest BCUT2D eigenvalue weighted by molar-refractivity contribution is 7.98. The lowest BCUT2D eigenvalue weighted by Crippen LogP contribution is -2.23. The third kappa shape index (κ3) is 4.22. The SMILES string of the molecule is CCOC(=O)Cn1c(=NC(=O)c2cccc(SC)c2)sc2cc3c(cc21)OCCO3. The van der Waals surface area contributed by atoms with Crippen LogP contribution in [-0.4, -0.2) is 42.5 Å². The van der Waals surface area contributed by atoms with E-state index in [1.54, 1.807) is 35.4 Å². The van der Waals surface area contributed by atoms with Crippen LogP contribution >= 0.6 is 23.1 Å². The van der Waals surface area contributed by atoms with E-state index in [4.69, 9.17) is 14.2 Å². The van der Waals surface area contributed by atoms with E-state index in [9.17, 15) is 9.59 Å². The average Bonchev–Trinajstić information content (AvgIpc) is 3.08. The molecule has 1 aliphatic heterocycles. The molecular formula is C21H20N2O5S2. The molecular weight excluding hydrogens is 424 g/mol. The minimum absolute atomic E-state index is 0.0511. The number of rotatable bonds is 5. The highest BCUT2D eigenvalue weighted by Gasteiger charge is 2.18. The fraction of sp³-hybridized carbons (Fsp3) is 0.286. The minimum atomic E-state index is -0.398. The van der Waals surface area contributed by atoms with Crippen molar-refractivity contribution in [2.75, 3.05) is 26.1 Å². The van der Waals surface area contributed by atoms with Crippen LogP contribution < -0.4 is 14.3 Å². The van der Waals surface area contributed by atoms with E-state index in [2.05, 4.69) is 4.99 Å². The van der Waals surface area contributed by atoms with Gasteiger partial charge in [0.05, 0.1) is 16.8 Å². The van der Waals surface area contributed by atoms with E-state index in [1.165, 1.54) is 11.3 Å². The third-order valence-electron chi connectivity index (χ3n) is 4.45. The molecule has 0 aliphatic carbocycles. The second kappa shape index (κ2) is 8.93. The first kappa shape index (κ1) is 20.5. The Balaban J connectivity index is 1.83. The molecule has 0 saturated carbocycles. The quantitative estimate of drug-likeness (QED) is 0.443. The molecule has 7 nitrogen and oxygen atoms in total. The summed E-state index contributed by atoms with van der Waals surface area (Å²) in [5.41, 5.74) is 1.23. The summed E-state index contributed by atoms with van der Waals surface area (Å²) in [6, 6.07) is 11.0. The Bertz CT molecular complexity index is 1180. The number of thiazole rings is 1. The molecule has 1 amide bonds. The van der Waals surface area contributed by atoms with Crippen molar-refractivity contribution in [3.05, 3.63) is 46.8 Å². The van der Waals surface area contributed by atoms with Gasteiger partial charge in [-0.2, -0.15) is 4.99 Å². The largest absolute Gasteiger partial charge is 0.486 e. The summed E-state index contributed by atoms with van der Waals surface area (Å²) in [6.45, 7) is 2.92. The molecule has 2 heterocycles. The van der Waals surface area contributed by atoms with Gasteiger partial charge in [-0.05, 0) is 31.4 Å². The van der Waals surface area contributed by atoms with Crippen molar-refractivity contribution in [1.82, 2.24) is 4.57 Å². The van der Waals surface area contributed by atoms with Crippen LogP contribution in [0.2, 0.25) is 0 Å². The normalized spacial score (nSPS) is 13.5. The molecule has 3 aromatic rings. The van der Waals surface area contributed by atoms with Crippen LogP contribution in [0.3, 0.4) is 0 Å². The monoisotopic (exact) mass is 444 g/mol. The fourth-order valence-electron chi connectivity index (χ4n) is 3.09. The van der Waals surface area contributed by atoms with Gasteiger partial charge >= 0.3 is 5.97 Å². The summed E-state index contributed by atoms with van der Waals surface area (Å²) in [5.74, 6) is 0.483. The van der Waals surface area contributed by atoms with Crippen molar-refractivity contribution in [3.8, 4) is 11.5 Å². The van der Waals surface area contributed by atoms with Crippen LogP contribution in [0.25, 0.3) is 10.2 Å². The molecule has 1 aliphatic rings. The third-order valence-corrected chi connectivity index (χ3v) is 6.22. The maximum atomic E-state index is 12.8. The van der Waals surface area contributed by atoms with Crippen LogP contribution in [-0.2, 0) is 16.1 Å². The fourth-order valence-corrected chi connectivity index (χ4v) is 4.59. The first-order chi connectivity index (χ1) is 14.6. The zero-order chi connectivity index (χ0) is 21.1. The maximum Gasteiger partial charge on any atom is 0.326 e. The van der Waals surface area contributed by atoms with Crippen molar-refractivity contribution in [3.63, 3.8) is 0 Å². The van der Waals surface area contributed by atoms with Crippen LogP contribution in [0.15, 0.2) is 46.3 Å². The lowest BCUT2D eigenvalue weighted by atomic mass is 10.2. The molecule has 0 atom stereocenters. The number of benzene rings is 2.